The van der Waals surface area contributed by atoms with Gasteiger partial charge < -0.3 is 10.2 Å². The van der Waals surface area contributed by atoms with Crippen LogP contribution in [0.25, 0.3) is 0 Å². The molecule has 3 heteroatoms. The first kappa shape index (κ1) is 15.0. The number of carbonyl (C=O) groups is 1. The van der Waals surface area contributed by atoms with Gasteiger partial charge in [-0.15, -0.1) is 0 Å². The lowest BCUT2D eigenvalue weighted by Gasteiger charge is -2.24. The van der Waals surface area contributed by atoms with Crippen LogP contribution in [0.4, 0.5) is 5.69 Å². The molecule has 0 unspecified atom stereocenters. The monoisotopic (exact) mass is 274 g/mol. The van der Waals surface area contributed by atoms with Gasteiger partial charge in [0.25, 0.3) is 0 Å². The first-order valence-electron chi connectivity index (χ1n) is 7.62. The van der Waals surface area contributed by atoms with Crippen molar-refractivity contribution < 1.29 is 4.79 Å². The van der Waals surface area contributed by atoms with E-state index in [-0.39, 0.29) is 5.91 Å². The van der Waals surface area contributed by atoms with E-state index >= 15 is 0 Å². The molecule has 20 heavy (non-hydrogen) atoms. The Bertz CT molecular complexity index is 464. The molecule has 0 radical (unpaired) electrons. The number of nitrogens with one attached hydrogen (secondary N) is 1. The Morgan fingerprint density at radius 3 is 2.65 bits per heavy atom. The van der Waals surface area contributed by atoms with Crippen molar-refractivity contribution in [2.75, 3.05) is 25.0 Å². The maximum absolute atomic E-state index is 12.3. The summed E-state index contributed by atoms with van der Waals surface area (Å²) in [6.07, 6.45) is 4.10. The molecule has 1 amide bonds. The highest BCUT2D eigenvalue weighted by molar-refractivity contribution is 5.93. The molecular weight excluding hydrogens is 248 g/mol. The smallest absolute Gasteiger partial charge is 0.226 e. The van der Waals surface area contributed by atoms with Crippen molar-refractivity contribution in [3.05, 3.63) is 29.3 Å². The molecule has 0 saturated carbocycles. The van der Waals surface area contributed by atoms with E-state index in [2.05, 4.69) is 31.3 Å². The number of nitrogens with zero attached hydrogens (tertiary/aromatic N) is 1. The lowest BCUT2D eigenvalue weighted by molar-refractivity contribution is -0.118. The van der Waals surface area contributed by atoms with Gasteiger partial charge in [-0.05, 0) is 63.7 Å². The summed E-state index contributed by atoms with van der Waals surface area (Å²) < 4.78 is 0. The van der Waals surface area contributed by atoms with Crippen LogP contribution in [0, 0.1) is 19.8 Å². The summed E-state index contributed by atoms with van der Waals surface area (Å²) in [6.45, 7) is 6.35. The van der Waals surface area contributed by atoms with Crippen LogP contribution in [-0.4, -0.2) is 26.0 Å². The lowest BCUT2D eigenvalue weighted by Crippen LogP contribution is -2.30. The standard InChI is InChI=1S/C17H26N2O/c1-13-4-6-16(14(2)12-13)19(3)17(20)7-5-15-8-10-18-11-9-15/h4,6,12,15,18H,5,7-11H2,1-3H3. The largest absolute Gasteiger partial charge is 0.317 e. The van der Waals surface area contributed by atoms with Gasteiger partial charge in [0.2, 0.25) is 5.91 Å². The molecule has 110 valence electrons. The predicted molar refractivity (Wildman–Crippen MR) is 84.2 cm³/mol. The molecule has 3 nitrogen and oxygen atoms in total. The number of amides is 1. The van der Waals surface area contributed by atoms with Crippen molar-refractivity contribution in [1.29, 1.82) is 0 Å². The van der Waals surface area contributed by atoms with Gasteiger partial charge in [0, 0.05) is 19.2 Å². The minimum atomic E-state index is 0.232. The zero-order valence-corrected chi connectivity index (χ0v) is 12.9. The molecule has 0 bridgehead atoms. The summed E-state index contributed by atoms with van der Waals surface area (Å²) in [4.78, 5) is 14.1. The van der Waals surface area contributed by atoms with Gasteiger partial charge in [-0.1, -0.05) is 17.7 Å². The summed E-state index contributed by atoms with van der Waals surface area (Å²) in [5.74, 6) is 0.947. The van der Waals surface area contributed by atoms with E-state index < -0.39 is 0 Å². The summed E-state index contributed by atoms with van der Waals surface area (Å²) in [5.41, 5.74) is 3.44. The number of hydrogen-bond acceptors (Lipinski definition) is 2. The van der Waals surface area contributed by atoms with E-state index in [1.165, 1.54) is 24.0 Å². The predicted octanol–water partition coefficient (Wildman–Crippen LogP) is 3.05. The normalized spacial score (nSPS) is 16.1. The number of anilines is 1. The third-order valence-corrected chi connectivity index (χ3v) is 4.31. The number of carbonyl (C=O) groups excluding carboxylic acids is 1. The van der Waals surface area contributed by atoms with Crippen LogP contribution in [0.15, 0.2) is 18.2 Å². The van der Waals surface area contributed by atoms with E-state index in [1.807, 2.05) is 18.0 Å². The molecule has 1 aromatic carbocycles. The van der Waals surface area contributed by atoms with Crippen LogP contribution in [0.3, 0.4) is 0 Å². The second-order valence-corrected chi connectivity index (χ2v) is 5.97. The molecule has 1 fully saturated rings. The Morgan fingerprint density at radius 1 is 1.30 bits per heavy atom. The van der Waals surface area contributed by atoms with E-state index in [0.29, 0.717) is 12.3 Å². The van der Waals surface area contributed by atoms with E-state index in [4.69, 9.17) is 0 Å². The van der Waals surface area contributed by atoms with E-state index in [0.717, 1.165) is 25.2 Å². The molecule has 0 spiro atoms. The maximum atomic E-state index is 12.3. The average molecular weight is 274 g/mol. The Kier molecular flexibility index (Phi) is 5.18. The second kappa shape index (κ2) is 6.89. The molecule has 1 aliphatic rings. The molecule has 1 aliphatic heterocycles. The molecule has 2 rings (SSSR count). The minimum absolute atomic E-state index is 0.232. The fourth-order valence-corrected chi connectivity index (χ4v) is 2.98. The van der Waals surface area contributed by atoms with Crippen LogP contribution in [0.5, 0.6) is 0 Å². The summed E-state index contributed by atoms with van der Waals surface area (Å²) in [7, 11) is 1.89. The molecule has 1 aromatic rings. The summed E-state index contributed by atoms with van der Waals surface area (Å²) in [6, 6.07) is 6.25. The third-order valence-electron chi connectivity index (χ3n) is 4.31. The Balaban J connectivity index is 1.90. The number of benzene rings is 1. The highest BCUT2D eigenvalue weighted by Crippen LogP contribution is 2.23. The van der Waals surface area contributed by atoms with Crippen molar-refractivity contribution in [2.45, 2.75) is 39.5 Å². The van der Waals surface area contributed by atoms with Crippen molar-refractivity contribution in [3.8, 4) is 0 Å². The van der Waals surface area contributed by atoms with Gasteiger partial charge in [-0.3, -0.25) is 4.79 Å². The van der Waals surface area contributed by atoms with Gasteiger partial charge in [0.1, 0.15) is 0 Å². The first-order valence-corrected chi connectivity index (χ1v) is 7.62. The SMILES string of the molecule is Cc1ccc(N(C)C(=O)CCC2CCNCC2)c(C)c1. The van der Waals surface area contributed by atoms with Crippen LogP contribution in [-0.2, 0) is 4.79 Å². The van der Waals surface area contributed by atoms with Crippen LogP contribution in [0.1, 0.15) is 36.8 Å². The van der Waals surface area contributed by atoms with Crippen molar-refractivity contribution in [2.24, 2.45) is 5.92 Å². The second-order valence-electron chi connectivity index (χ2n) is 5.97. The molecular formula is C17H26N2O. The molecule has 1 heterocycles. The van der Waals surface area contributed by atoms with E-state index in [9.17, 15) is 4.79 Å². The Hall–Kier alpha value is -1.35. The molecule has 0 aliphatic carbocycles. The third kappa shape index (κ3) is 3.83. The lowest BCUT2D eigenvalue weighted by atomic mass is 9.93. The molecule has 0 aromatic heterocycles. The van der Waals surface area contributed by atoms with Crippen LogP contribution < -0.4 is 10.2 Å². The number of rotatable bonds is 4. The fourth-order valence-electron chi connectivity index (χ4n) is 2.98. The van der Waals surface area contributed by atoms with Gasteiger partial charge >= 0.3 is 0 Å². The Labute approximate surface area is 122 Å². The minimum Gasteiger partial charge on any atom is -0.317 e. The summed E-state index contributed by atoms with van der Waals surface area (Å²) >= 11 is 0. The highest BCUT2D eigenvalue weighted by atomic mass is 16.2. The van der Waals surface area contributed by atoms with E-state index in [1.54, 1.807) is 0 Å². The quantitative estimate of drug-likeness (QED) is 0.915. The first-order chi connectivity index (χ1) is 9.58. The van der Waals surface area contributed by atoms with Crippen molar-refractivity contribution >= 4 is 11.6 Å². The van der Waals surface area contributed by atoms with Gasteiger partial charge in [0.15, 0.2) is 0 Å². The van der Waals surface area contributed by atoms with Gasteiger partial charge in [-0.2, -0.15) is 0 Å². The maximum Gasteiger partial charge on any atom is 0.226 e. The fraction of sp³-hybridized carbons (Fsp3) is 0.588. The number of aryl methyl sites for hydroxylation is 2. The highest BCUT2D eigenvalue weighted by Gasteiger charge is 2.17. The van der Waals surface area contributed by atoms with Gasteiger partial charge in [-0.25, -0.2) is 0 Å². The summed E-state index contributed by atoms with van der Waals surface area (Å²) in [5, 5.41) is 3.37. The topological polar surface area (TPSA) is 32.3 Å². The molecule has 0 atom stereocenters. The zero-order chi connectivity index (χ0) is 14.5. The number of hydrogen-bond donors (Lipinski definition) is 1. The molecule has 1 N–H and O–H groups in total. The van der Waals surface area contributed by atoms with Crippen molar-refractivity contribution in [1.82, 2.24) is 5.32 Å². The van der Waals surface area contributed by atoms with Crippen LogP contribution in [0.2, 0.25) is 0 Å². The zero-order valence-electron chi connectivity index (χ0n) is 12.9. The van der Waals surface area contributed by atoms with Crippen LogP contribution >= 0.6 is 0 Å². The number of piperidine rings is 1. The molecule has 1 saturated heterocycles. The average Bonchev–Trinajstić information content (AvgIpc) is 2.45. The van der Waals surface area contributed by atoms with Gasteiger partial charge in [0.05, 0.1) is 0 Å². The Morgan fingerprint density at radius 2 is 2.00 bits per heavy atom. The van der Waals surface area contributed by atoms with Crippen molar-refractivity contribution in [3.63, 3.8) is 0 Å².